The van der Waals surface area contributed by atoms with Crippen LogP contribution in [0.15, 0.2) is 48.6 Å². The molecule has 0 amide bonds. The minimum atomic E-state index is -0.362. The zero-order valence-corrected chi connectivity index (χ0v) is 33.3. The second-order valence-corrected chi connectivity index (χ2v) is 14.8. The number of allylic oxidation sites excluding steroid dienone is 8. The van der Waals surface area contributed by atoms with E-state index in [1.54, 1.807) is 0 Å². The molecule has 1 aliphatic rings. The molecule has 0 spiro atoms. The van der Waals surface area contributed by atoms with Crippen LogP contribution in [0.1, 0.15) is 187 Å². The topological polar surface area (TPSA) is 30.9 Å². The van der Waals surface area contributed by atoms with Gasteiger partial charge < -0.3 is 19.1 Å². The third-order valence-electron chi connectivity index (χ3n) is 9.70. The van der Waals surface area contributed by atoms with Crippen LogP contribution in [0.5, 0.6) is 0 Å². The predicted octanol–water partition coefficient (Wildman–Crippen LogP) is 13.5. The third-order valence-corrected chi connectivity index (χ3v) is 9.70. The zero-order chi connectivity index (χ0) is 35.4. The quantitative estimate of drug-likeness (QED) is 0.0485. The summed E-state index contributed by atoms with van der Waals surface area (Å²) in [6.07, 6.45) is 52.8. The lowest BCUT2D eigenvalue weighted by molar-refractivity contribution is -0.180. The molecule has 1 fully saturated rings. The van der Waals surface area contributed by atoms with Crippen molar-refractivity contribution in [2.45, 2.75) is 199 Å². The Hall–Kier alpha value is -1.20. The van der Waals surface area contributed by atoms with Crippen molar-refractivity contribution < 1.29 is 14.2 Å². The minimum Gasteiger partial charge on any atom is -0.380 e. The molecule has 1 saturated heterocycles. The molecule has 49 heavy (non-hydrogen) atoms. The molecule has 1 heterocycles. The Kier molecular flexibility index (Phi) is 32.9. The molecule has 1 aliphatic heterocycles. The molecule has 0 aromatic heterocycles. The Labute approximate surface area is 306 Å². The average molecular weight is 686 g/mol. The van der Waals surface area contributed by atoms with Crippen LogP contribution in [-0.4, -0.2) is 57.3 Å². The number of likely N-dealkylation sites (N-methyl/N-ethyl adjacent to an activating group) is 1. The Bertz CT molecular complexity index is 753. The highest BCUT2D eigenvalue weighted by molar-refractivity contribution is 4.93. The van der Waals surface area contributed by atoms with Gasteiger partial charge in [0.05, 0.1) is 19.3 Å². The summed E-state index contributed by atoms with van der Waals surface area (Å²) in [4.78, 5) is 2.17. The Morgan fingerprint density at radius 1 is 0.551 bits per heavy atom. The molecule has 1 rings (SSSR count). The molecule has 0 bridgehead atoms. The van der Waals surface area contributed by atoms with Gasteiger partial charge in [0.2, 0.25) is 0 Å². The van der Waals surface area contributed by atoms with Crippen molar-refractivity contribution in [3.63, 3.8) is 0 Å². The summed E-state index contributed by atoms with van der Waals surface area (Å²) >= 11 is 0. The van der Waals surface area contributed by atoms with Gasteiger partial charge in [0.25, 0.3) is 0 Å². The van der Waals surface area contributed by atoms with Crippen LogP contribution in [0.2, 0.25) is 0 Å². The van der Waals surface area contributed by atoms with Crippen LogP contribution in [0.3, 0.4) is 0 Å². The first kappa shape index (κ1) is 45.8. The summed E-state index contributed by atoms with van der Waals surface area (Å²) in [5, 5.41) is 0. The second-order valence-electron chi connectivity index (χ2n) is 14.8. The summed E-state index contributed by atoms with van der Waals surface area (Å²) in [6.45, 7) is 7.77. The van der Waals surface area contributed by atoms with Gasteiger partial charge in [-0.05, 0) is 97.6 Å². The van der Waals surface area contributed by atoms with E-state index in [-0.39, 0.29) is 11.9 Å². The van der Waals surface area contributed by atoms with E-state index in [2.05, 4.69) is 81.5 Å². The predicted molar refractivity (Wildman–Crippen MR) is 215 cm³/mol. The summed E-state index contributed by atoms with van der Waals surface area (Å²) < 4.78 is 19.0. The number of unbranched alkanes of at least 4 members (excludes halogenated alkanes) is 18. The number of rotatable bonds is 36. The van der Waals surface area contributed by atoms with Crippen LogP contribution in [0, 0.1) is 0 Å². The normalized spacial score (nSPS) is 16.6. The van der Waals surface area contributed by atoms with Crippen LogP contribution in [0.25, 0.3) is 0 Å². The molecule has 0 aromatic carbocycles. The summed E-state index contributed by atoms with van der Waals surface area (Å²) in [6, 6.07) is 0. The van der Waals surface area contributed by atoms with E-state index in [1.165, 1.54) is 141 Å². The highest BCUT2D eigenvalue weighted by Crippen LogP contribution is 2.35. The van der Waals surface area contributed by atoms with Gasteiger partial charge in [-0.2, -0.15) is 0 Å². The van der Waals surface area contributed by atoms with Crippen molar-refractivity contribution in [1.82, 2.24) is 4.90 Å². The van der Waals surface area contributed by atoms with Gasteiger partial charge in [-0.15, -0.1) is 0 Å². The number of ether oxygens (including phenoxy) is 3. The minimum absolute atomic E-state index is 0.175. The van der Waals surface area contributed by atoms with E-state index in [1.807, 2.05) is 0 Å². The molecule has 0 N–H and O–H groups in total. The third kappa shape index (κ3) is 30.2. The summed E-state index contributed by atoms with van der Waals surface area (Å²) in [5.41, 5.74) is 0. The first-order valence-electron chi connectivity index (χ1n) is 21.3. The lowest BCUT2D eigenvalue weighted by Crippen LogP contribution is -2.31. The van der Waals surface area contributed by atoms with Gasteiger partial charge >= 0.3 is 0 Å². The van der Waals surface area contributed by atoms with Crippen molar-refractivity contribution in [2.24, 2.45) is 0 Å². The maximum atomic E-state index is 6.69. The maximum Gasteiger partial charge on any atom is 0.168 e. The van der Waals surface area contributed by atoms with Gasteiger partial charge in [-0.1, -0.05) is 140 Å². The smallest absolute Gasteiger partial charge is 0.168 e. The molecule has 0 aliphatic carbocycles. The van der Waals surface area contributed by atoms with E-state index >= 15 is 0 Å². The molecule has 0 saturated carbocycles. The maximum absolute atomic E-state index is 6.69. The van der Waals surface area contributed by atoms with E-state index in [0.717, 1.165) is 58.5 Å². The van der Waals surface area contributed by atoms with Gasteiger partial charge in [0.15, 0.2) is 5.79 Å². The van der Waals surface area contributed by atoms with Crippen molar-refractivity contribution in [3.05, 3.63) is 48.6 Å². The Balaban J connectivity index is 2.23. The molecule has 0 radical (unpaired) electrons. The molecule has 1 unspecified atom stereocenters. The molecule has 1 atom stereocenters. The number of hydrogen-bond donors (Lipinski definition) is 0. The van der Waals surface area contributed by atoms with Crippen molar-refractivity contribution >= 4 is 0 Å². The molecule has 4 heteroatoms. The Morgan fingerprint density at radius 2 is 0.980 bits per heavy atom. The Morgan fingerprint density at radius 3 is 1.43 bits per heavy atom. The van der Waals surface area contributed by atoms with Gasteiger partial charge in [0, 0.05) is 26.0 Å². The highest BCUT2D eigenvalue weighted by atomic mass is 16.7. The lowest BCUT2D eigenvalue weighted by atomic mass is 9.98. The van der Waals surface area contributed by atoms with E-state index < -0.39 is 0 Å². The first-order chi connectivity index (χ1) is 24.1. The van der Waals surface area contributed by atoms with E-state index in [4.69, 9.17) is 14.2 Å². The van der Waals surface area contributed by atoms with Crippen molar-refractivity contribution in [2.75, 3.05) is 40.5 Å². The SMILES string of the molecule is CCCCC/C=C\C/C=C\CCCCCCCCC1(CCCCCCCC/C=C\C/C=C\CCCCC)OCC(CCOCCN(C)C)O1. The van der Waals surface area contributed by atoms with Crippen molar-refractivity contribution in [3.8, 4) is 0 Å². The van der Waals surface area contributed by atoms with Crippen LogP contribution < -0.4 is 0 Å². The first-order valence-corrected chi connectivity index (χ1v) is 21.3. The van der Waals surface area contributed by atoms with Crippen LogP contribution in [-0.2, 0) is 14.2 Å². The monoisotopic (exact) mass is 686 g/mol. The van der Waals surface area contributed by atoms with Crippen molar-refractivity contribution in [1.29, 1.82) is 0 Å². The largest absolute Gasteiger partial charge is 0.380 e. The molecule has 286 valence electrons. The standard InChI is InChI=1S/C45H83NO3/c1-5-7-9-11-13-15-17-19-21-23-25-27-29-31-33-35-38-45(48-43-44(49-45)37-41-47-42-40-46(3)4)39-36-34-32-30-28-26-24-22-20-18-16-14-12-10-8-6-2/h13-16,19-22,44H,5-12,17-18,23-43H2,1-4H3/b15-13-,16-14-,21-19-,22-20-. The fraction of sp³-hybridized carbons (Fsp3) is 0.822. The van der Waals surface area contributed by atoms with Gasteiger partial charge in [-0.25, -0.2) is 0 Å². The average Bonchev–Trinajstić information content (AvgIpc) is 3.50. The van der Waals surface area contributed by atoms with E-state index in [9.17, 15) is 0 Å². The summed E-state index contributed by atoms with van der Waals surface area (Å²) in [5.74, 6) is -0.362. The molecular weight excluding hydrogens is 602 g/mol. The van der Waals surface area contributed by atoms with Crippen LogP contribution in [0.4, 0.5) is 0 Å². The van der Waals surface area contributed by atoms with Crippen LogP contribution >= 0.6 is 0 Å². The fourth-order valence-electron chi connectivity index (χ4n) is 6.48. The second kappa shape index (κ2) is 35.2. The van der Waals surface area contributed by atoms with Gasteiger partial charge in [0.1, 0.15) is 0 Å². The van der Waals surface area contributed by atoms with E-state index in [0.29, 0.717) is 0 Å². The fourth-order valence-corrected chi connectivity index (χ4v) is 6.48. The molecular formula is C45H83NO3. The highest BCUT2D eigenvalue weighted by Gasteiger charge is 2.40. The summed E-state index contributed by atoms with van der Waals surface area (Å²) in [7, 11) is 4.18. The molecule has 0 aromatic rings. The number of nitrogens with zero attached hydrogens (tertiary/aromatic N) is 1. The zero-order valence-electron chi connectivity index (χ0n) is 33.3. The molecule has 4 nitrogen and oxygen atoms in total. The lowest BCUT2D eigenvalue weighted by Gasteiger charge is -2.28. The number of hydrogen-bond acceptors (Lipinski definition) is 4. The van der Waals surface area contributed by atoms with Gasteiger partial charge in [-0.3, -0.25) is 0 Å².